The van der Waals surface area contributed by atoms with Gasteiger partial charge in [-0.05, 0) is 43.7 Å². The third-order valence-corrected chi connectivity index (χ3v) is 6.44. The van der Waals surface area contributed by atoms with Crippen molar-refractivity contribution in [3.05, 3.63) is 102 Å². The van der Waals surface area contributed by atoms with Crippen LogP contribution in [0.25, 0.3) is 17.1 Å². The number of carbonyl (C=O) groups is 2. The average Bonchev–Trinajstić information content (AvgIpc) is 3.38. The van der Waals surface area contributed by atoms with Crippen LogP contribution >= 0.6 is 0 Å². The average molecular weight is 496 g/mol. The first-order chi connectivity index (χ1) is 18.0. The number of amides is 2. The summed E-state index contributed by atoms with van der Waals surface area (Å²) >= 11 is 0. The van der Waals surface area contributed by atoms with Crippen molar-refractivity contribution in [3.8, 4) is 17.1 Å². The molecule has 37 heavy (non-hydrogen) atoms. The van der Waals surface area contributed by atoms with E-state index >= 15 is 0 Å². The van der Waals surface area contributed by atoms with Gasteiger partial charge in [0.2, 0.25) is 0 Å². The molecule has 4 aromatic rings. The smallest absolute Gasteiger partial charge is 0.410 e. The van der Waals surface area contributed by atoms with Gasteiger partial charge in [-0.2, -0.15) is 0 Å². The molecule has 1 aliphatic rings. The summed E-state index contributed by atoms with van der Waals surface area (Å²) in [6.07, 6.45) is 3.19. The lowest BCUT2D eigenvalue weighted by atomic mass is 10.2. The minimum absolute atomic E-state index is 0.163. The maximum atomic E-state index is 13.4. The molecule has 5 rings (SSSR count). The van der Waals surface area contributed by atoms with Gasteiger partial charge in [0.05, 0.1) is 0 Å². The molecular formula is C29H29N5O3. The lowest BCUT2D eigenvalue weighted by molar-refractivity contribution is 0.0540. The number of pyridine rings is 1. The van der Waals surface area contributed by atoms with Crippen molar-refractivity contribution in [3.63, 3.8) is 0 Å². The number of aryl methyl sites for hydroxylation is 2. The van der Waals surface area contributed by atoms with Crippen molar-refractivity contribution in [2.24, 2.45) is 0 Å². The van der Waals surface area contributed by atoms with Gasteiger partial charge in [0, 0.05) is 55.5 Å². The fourth-order valence-corrected chi connectivity index (χ4v) is 4.25. The normalized spacial score (nSPS) is 13.5. The first kappa shape index (κ1) is 24.2. The molecule has 0 atom stereocenters. The fraction of sp³-hybridized carbons (Fsp3) is 0.241. The number of rotatable bonds is 5. The molecule has 0 radical (unpaired) electrons. The number of hydrogen-bond acceptors (Lipinski definition) is 5. The molecule has 2 amide bonds. The number of aromatic nitrogens is 3. The Labute approximate surface area is 216 Å². The van der Waals surface area contributed by atoms with Crippen molar-refractivity contribution in [2.75, 3.05) is 26.2 Å². The Morgan fingerprint density at radius 2 is 1.57 bits per heavy atom. The van der Waals surface area contributed by atoms with Gasteiger partial charge in [0.15, 0.2) is 0 Å². The lowest BCUT2D eigenvalue weighted by Crippen LogP contribution is -2.50. The largest absolute Gasteiger partial charge is 0.445 e. The van der Waals surface area contributed by atoms with Gasteiger partial charge in [0.25, 0.3) is 5.91 Å². The minimum atomic E-state index is -0.367. The standard InChI is InChI=1S/C29H29N5O3/c1-21-8-12-25(13-9-21)34-19-26(31-27(34)24-11-10-22(2)30-18-24)28(35)32-14-16-33(17-15-32)29(36)37-20-23-6-4-3-5-7-23/h3-13,18-19H,14-17,20H2,1-2H3. The van der Waals surface area contributed by atoms with Crippen molar-refractivity contribution >= 4 is 12.0 Å². The van der Waals surface area contributed by atoms with E-state index in [0.29, 0.717) is 37.7 Å². The maximum absolute atomic E-state index is 13.4. The Kier molecular flexibility index (Phi) is 6.98. The van der Waals surface area contributed by atoms with Crippen LogP contribution in [-0.2, 0) is 11.3 Å². The van der Waals surface area contributed by atoms with E-state index in [1.807, 2.05) is 85.1 Å². The number of nitrogens with zero attached hydrogens (tertiary/aromatic N) is 5. The molecule has 1 aliphatic heterocycles. The summed E-state index contributed by atoms with van der Waals surface area (Å²) in [7, 11) is 0. The number of benzene rings is 2. The van der Waals surface area contributed by atoms with Crippen LogP contribution in [0.1, 0.15) is 27.3 Å². The molecule has 1 fully saturated rings. The van der Waals surface area contributed by atoms with Crippen LogP contribution in [0.5, 0.6) is 0 Å². The first-order valence-corrected chi connectivity index (χ1v) is 12.3. The summed E-state index contributed by atoms with van der Waals surface area (Å²) in [6.45, 7) is 5.85. The van der Waals surface area contributed by atoms with Gasteiger partial charge in [-0.15, -0.1) is 0 Å². The second-order valence-electron chi connectivity index (χ2n) is 9.16. The Morgan fingerprint density at radius 3 is 2.24 bits per heavy atom. The number of piperazine rings is 1. The summed E-state index contributed by atoms with van der Waals surface area (Å²) in [4.78, 5) is 38.4. The SMILES string of the molecule is Cc1ccc(-n2cc(C(=O)N3CCN(C(=O)OCc4ccccc4)CC3)nc2-c2ccc(C)nc2)cc1. The molecule has 8 heteroatoms. The van der Waals surface area contributed by atoms with Gasteiger partial charge in [-0.25, -0.2) is 9.78 Å². The van der Waals surface area contributed by atoms with E-state index in [2.05, 4.69) is 4.98 Å². The van der Waals surface area contributed by atoms with Gasteiger partial charge in [-0.3, -0.25) is 14.3 Å². The molecule has 2 aromatic carbocycles. The molecule has 188 valence electrons. The van der Waals surface area contributed by atoms with Crippen LogP contribution in [0.15, 0.2) is 79.1 Å². The van der Waals surface area contributed by atoms with Gasteiger partial charge in [-0.1, -0.05) is 48.0 Å². The van der Waals surface area contributed by atoms with E-state index in [4.69, 9.17) is 9.72 Å². The minimum Gasteiger partial charge on any atom is -0.445 e. The van der Waals surface area contributed by atoms with E-state index in [1.165, 1.54) is 0 Å². The van der Waals surface area contributed by atoms with Gasteiger partial charge < -0.3 is 14.5 Å². The summed E-state index contributed by atoms with van der Waals surface area (Å²) in [5.41, 5.74) is 5.10. The van der Waals surface area contributed by atoms with Crippen LogP contribution in [0.2, 0.25) is 0 Å². The van der Waals surface area contributed by atoms with Crippen molar-refractivity contribution < 1.29 is 14.3 Å². The van der Waals surface area contributed by atoms with Gasteiger partial charge in [0.1, 0.15) is 18.1 Å². The second-order valence-corrected chi connectivity index (χ2v) is 9.16. The highest BCUT2D eigenvalue weighted by atomic mass is 16.6. The number of imidazole rings is 1. The van der Waals surface area contributed by atoms with Crippen molar-refractivity contribution in [2.45, 2.75) is 20.5 Å². The molecule has 1 saturated heterocycles. The molecule has 0 unspecified atom stereocenters. The summed E-state index contributed by atoms with van der Waals surface area (Å²) in [5, 5.41) is 0. The zero-order valence-electron chi connectivity index (χ0n) is 21.0. The summed E-state index contributed by atoms with van der Waals surface area (Å²) in [6, 6.07) is 21.6. The van der Waals surface area contributed by atoms with E-state index in [9.17, 15) is 9.59 Å². The summed E-state index contributed by atoms with van der Waals surface area (Å²) < 4.78 is 7.37. The molecule has 3 heterocycles. The fourth-order valence-electron chi connectivity index (χ4n) is 4.25. The van der Waals surface area contributed by atoms with Crippen LogP contribution in [0.4, 0.5) is 4.79 Å². The molecular weight excluding hydrogens is 466 g/mol. The molecule has 0 spiro atoms. The monoisotopic (exact) mass is 495 g/mol. The van der Waals surface area contributed by atoms with Crippen LogP contribution < -0.4 is 0 Å². The highest BCUT2D eigenvalue weighted by Gasteiger charge is 2.28. The first-order valence-electron chi connectivity index (χ1n) is 12.3. The molecule has 0 saturated carbocycles. The van der Waals surface area contributed by atoms with Crippen LogP contribution in [-0.4, -0.2) is 62.5 Å². The number of hydrogen-bond donors (Lipinski definition) is 0. The molecule has 0 N–H and O–H groups in total. The summed E-state index contributed by atoms with van der Waals surface area (Å²) in [5.74, 6) is 0.493. The van der Waals surface area contributed by atoms with Gasteiger partial charge >= 0.3 is 6.09 Å². The lowest BCUT2D eigenvalue weighted by Gasteiger charge is -2.33. The quantitative estimate of drug-likeness (QED) is 0.403. The maximum Gasteiger partial charge on any atom is 0.410 e. The highest BCUT2D eigenvalue weighted by Crippen LogP contribution is 2.24. The highest BCUT2D eigenvalue weighted by molar-refractivity contribution is 5.93. The number of carbonyl (C=O) groups excluding carboxylic acids is 2. The van der Waals surface area contributed by atoms with E-state index in [1.54, 1.807) is 22.2 Å². The predicted octanol–water partition coefficient (Wildman–Crippen LogP) is 4.65. The Balaban J connectivity index is 1.29. The zero-order valence-corrected chi connectivity index (χ0v) is 21.0. The number of ether oxygens (including phenoxy) is 1. The third kappa shape index (κ3) is 5.53. The molecule has 2 aromatic heterocycles. The molecule has 0 bridgehead atoms. The van der Waals surface area contributed by atoms with E-state index < -0.39 is 0 Å². The Hall–Kier alpha value is -4.46. The van der Waals surface area contributed by atoms with E-state index in [0.717, 1.165) is 28.1 Å². The van der Waals surface area contributed by atoms with Crippen LogP contribution in [0.3, 0.4) is 0 Å². The van der Waals surface area contributed by atoms with E-state index in [-0.39, 0.29) is 18.6 Å². The van der Waals surface area contributed by atoms with Crippen LogP contribution in [0, 0.1) is 13.8 Å². The Bertz CT molecular complexity index is 1310. The topological polar surface area (TPSA) is 80.6 Å². The van der Waals surface area contributed by atoms with Crippen molar-refractivity contribution in [1.82, 2.24) is 24.3 Å². The Morgan fingerprint density at radius 1 is 0.865 bits per heavy atom. The predicted molar refractivity (Wildman–Crippen MR) is 140 cm³/mol. The van der Waals surface area contributed by atoms with Crippen molar-refractivity contribution in [1.29, 1.82) is 0 Å². The molecule has 8 nitrogen and oxygen atoms in total. The zero-order chi connectivity index (χ0) is 25.8. The molecule has 0 aliphatic carbocycles. The second kappa shape index (κ2) is 10.7. The third-order valence-electron chi connectivity index (χ3n) is 6.44.